The zero-order chi connectivity index (χ0) is 16.0. The highest BCUT2D eigenvalue weighted by molar-refractivity contribution is 5.81. The van der Waals surface area contributed by atoms with Crippen molar-refractivity contribution in [2.24, 2.45) is 5.92 Å². The van der Waals surface area contributed by atoms with Gasteiger partial charge in [0.1, 0.15) is 5.52 Å². The number of nitrogens with one attached hydrogen (secondary N) is 1. The Labute approximate surface area is 136 Å². The van der Waals surface area contributed by atoms with Gasteiger partial charge in [-0.05, 0) is 56.5 Å². The molecule has 3 aliphatic heterocycles. The molecular weight excluding hydrogens is 290 g/mol. The molecule has 0 spiro atoms. The fraction of sp³-hybridized carbons (Fsp3) is 0.556. The van der Waals surface area contributed by atoms with E-state index in [1.807, 2.05) is 25.1 Å². The minimum absolute atomic E-state index is 0.103. The van der Waals surface area contributed by atoms with Crippen molar-refractivity contribution in [3.05, 3.63) is 29.7 Å². The summed E-state index contributed by atoms with van der Waals surface area (Å²) in [4.78, 5) is 19.3. The second-order valence-electron chi connectivity index (χ2n) is 6.92. The summed E-state index contributed by atoms with van der Waals surface area (Å²) in [7, 11) is 0. The number of piperidine rings is 3. The first kappa shape index (κ1) is 14.7. The number of carbonyl (C=O) groups excluding carboxylic acids is 1. The summed E-state index contributed by atoms with van der Waals surface area (Å²) in [6, 6.07) is 6.55. The number of rotatable bonds is 3. The van der Waals surface area contributed by atoms with Gasteiger partial charge in [0.15, 0.2) is 11.5 Å². The molecule has 2 atom stereocenters. The number of hydrogen-bond acceptors (Lipinski definition) is 4. The highest BCUT2D eigenvalue weighted by Gasteiger charge is 2.40. The number of nitrogens with zero attached hydrogens (tertiary/aromatic N) is 2. The van der Waals surface area contributed by atoms with Crippen LogP contribution in [0.3, 0.4) is 0 Å². The van der Waals surface area contributed by atoms with Crippen LogP contribution in [-0.4, -0.2) is 41.0 Å². The van der Waals surface area contributed by atoms with Gasteiger partial charge in [-0.3, -0.25) is 9.69 Å². The number of oxazole rings is 1. The molecule has 1 N–H and O–H groups in total. The summed E-state index contributed by atoms with van der Waals surface area (Å²) in [5.41, 5.74) is 2.57. The molecule has 0 saturated carbocycles. The van der Waals surface area contributed by atoms with Gasteiger partial charge in [0.25, 0.3) is 0 Å². The molecule has 3 aliphatic rings. The molecule has 1 aromatic carbocycles. The van der Waals surface area contributed by atoms with Gasteiger partial charge < -0.3 is 9.73 Å². The smallest absolute Gasteiger partial charge is 0.224 e. The fourth-order valence-electron chi connectivity index (χ4n) is 4.16. The topological polar surface area (TPSA) is 58.4 Å². The summed E-state index contributed by atoms with van der Waals surface area (Å²) in [6.45, 7) is 6.43. The molecule has 0 unspecified atom stereocenters. The second-order valence-corrected chi connectivity index (χ2v) is 6.92. The number of aryl methyl sites for hydroxylation is 1. The van der Waals surface area contributed by atoms with E-state index >= 15 is 0 Å². The SMILES string of the molecule is Cc1nc2ccc(CC(=O)N[C@@H]3C4CCN(CC4)[C@@H]3C)cc2o1. The summed E-state index contributed by atoms with van der Waals surface area (Å²) in [5.74, 6) is 1.40. The van der Waals surface area contributed by atoms with Crippen molar-refractivity contribution in [2.45, 2.75) is 45.2 Å². The van der Waals surface area contributed by atoms with Crippen LogP contribution in [0.4, 0.5) is 0 Å². The predicted octanol–water partition coefficient (Wildman–Crippen LogP) is 2.28. The van der Waals surface area contributed by atoms with Gasteiger partial charge in [0, 0.05) is 19.0 Å². The van der Waals surface area contributed by atoms with Crippen LogP contribution >= 0.6 is 0 Å². The molecule has 5 rings (SSSR count). The molecule has 0 radical (unpaired) electrons. The molecule has 122 valence electrons. The lowest BCUT2D eigenvalue weighted by Crippen LogP contribution is -2.62. The average Bonchev–Trinajstić information content (AvgIpc) is 2.90. The van der Waals surface area contributed by atoms with Crippen molar-refractivity contribution in [3.8, 4) is 0 Å². The Balaban J connectivity index is 1.44. The maximum absolute atomic E-state index is 12.5. The molecular formula is C18H23N3O2. The molecule has 1 aromatic heterocycles. The maximum atomic E-state index is 12.5. The standard InChI is InChI=1S/C18H23N3O2/c1-11-18(14-5-7-21(11)8-6-14)20-17(22)10-13-3-4-15-16(9-13)23-12(2)19-15/h3-4,9,11,14,18H,5-8,10H2,1-2H3,(H,20,22)/t11-,18+/m1/s1. The van der Waals surface area contributed by atoms with Gasteiger partial charge in [-0.25, -0.2) is 4.98 Å². The lowest BCUT2D eigenvalue weighted by atomic mass is 9.79. The fourth-order valence-corrected chi connectivity index (χ4v) is 4.16. The lowest BCUT2D eigenvalue weighted by molar-refractivity contribution is -0.123. The zero-order valence-corrected chi connectivity index (χ0v) is 13.7. The van der Waals surface area contributed by atoms with E-state index in [1.54, 1.807) is 0 Å². The normalized spacial score (nSPS) is 29.8. The first-order valence-electron chi connectivity index (χ1n) is 8.49. The summed E-state index contributed by atoms with van der Waals surface area (Å²) in [5, 5.41) is 3.27. The Kier molecular flexibility index (Phi) is 3.60. The number of hydrogen-bond donors (Lipinski definition) is 1. The maximum Gasteiger partial charge on any atom is 0.224 e. The minimum atomic E-state index is 0.103. The molecule has 3 fully saturated rings. The third-order valence-corrected chi connectivity index (χ3v) is 5.43. The summed E-state index contributed by atoms with van der Waals surface area (Å²) in [6.07, 6.45) is 2.81. The van der Waals surface area contributed by atoms with Crippen molar-refractivity contribution in [2.75, 3.05) is 13.1 Å². The quantitative estimate of drug-likeness (QED) is 0.944. The molecule has 2 bridgehead atoms. The Morgan fingerprint density at radius 1 is 1.39 bits per heavy atom. The van der Waals surface area contributed by atoms with Crippen LogP contribution in [0.5, 0.6) is 0 Å². The van der Waals surface area contributed by atoms with E-state index in [1.165, 1.54) is 25.9 Å². The Morgan fingerprint density at radius 3 is 2.91 bits per heavy atom. The second kappa shape index (κ2) is 5.64. The van der Waals surface area contributed by atoms with Gasteiger partial charge in [-0.15, -0.1) is 0 Å². The van der Waals surface area contributed by atoms with Crippen molar-refractivity contribution >= 4 is 17.0 Å². The molecule has 1 amide bonds. The van der Waals surface area contributed by atoms with Crippen LogP contribution in [0.25, 0.3) is 11.1 Å². The van der Waals surface area contributed by atoms with E-state index in [2.05, 4.69) is 22.1 Å². The highest BCUT2D eigenvalue weighted by atomic mass is 16.3. The molecule has 5 heteroatoms. The molecule has 4 heterocycles. The van der Waals surface area contributed by atoms with Crippen LogP contribution in [-0.2, 0) is 11.2 Å². The number of carbonyl (C=O) groups is 1. The monoisotopic (exact) mass is 313 g/mol. The number of aromatic nitrogens is 1. The first-order chi connectivity index (χ1) is 11.1. The van der Waals surface area contributed by atoms with Crippen LogP contribution in [0.1, 0.15) is 31.2 Å². The predicted molar refractivity (Wildman–Crippen MR) is 88.1 cm³/mol. The average molecular weight is 313 g/mol. The molecule has 0 aliphatic carbocycles. The van der Waals surface area contributed by atoms with Gasteiger partial charge in [-0.1, -0.05) is 6.07 Å². The number of fused-ring (bicyclic) bond motifs is 4. The molecule has 2 aromatic rings. The van der Waals surface area contributed by atoms with E-state index in [0.29, 0.717) is 30.3 Å². The first-order valence-corrected chi connectivity index (χ1v) is 8.49. The molecule has 5 nitrogen and oxygen atoms in total. The third kappa shape index (κ3) is 2.74. The van der Waals surface area contributed by atoms with E-state index in [0.717, 1.165) is 16.7 Å². The largest absolute Gasteiger partial charge is 0.441 e. The Bertz CT molecular complexity index is 729. The third-order valence-electron chi connectivity index (χ3n) is 5.43. The molecule has 3 saturated heterocycles. The van der Waals surface area contributed by atoms with Crippen LogP contribution in [0, 0.1) is 12.8 Å². The van der Waals surface area contributed by atoms with Gasteiger partial charge in [0.2, 0.25) is 5.91 Å². The van der Waals surface area contributed by atoms with E-state index in [9.17, 15) is 4.79 Å². The summed E-state index contributed by atoms with van der Waals surface area (Å²) >= 11 is 0. The van der Waals surface area contributed by atoms with Crippen LogP contribution in [0.2, 0.25) is 0 Å². The minimum Gasteiger partial charge on any atom is -0.441 e. The van der Waals surface area contributed by atoms with Crippen molar-refractivity contribution in [3.63, 3.8) is 0 Å². The van der Waals surface area contributed by atoms with Crippen molar-refractivity contribution < 1.29 is 9.21 Å². The van der Waals surface area contributed by atoms with Gasteiger partial charge >= 0.3 is 0 Å². The molecule has 23 heavy (non-hydrogen) atoms. The lowest BCUT2D eigenvalue weighted by Gasteiger charge is -2.50. The summed E-state index contributed by atoms with van der Waals surface area (Å²) < 4.78 is 5.55. The Hall–Kier alpha value is -1.88. The van der Waals surface area contributed by atoms with Gasteiger partial charge in [0.05, 0.1) is 6.42 Å². The van der Waals surface area contributed by atoms with E-state index in [4.69, 9.17) is 4.42 Å². The highest BCUT2D eigenvalue weighted by Crippen LogP contribution is 2.32. The number of amides is 1. The Morgan fingerprint density at radius 2 is 2.17 bits per heavy atom. The van der Waals surface area contributed by atoms with Crippen LogP contribution in [0.15, 0.2) is 22.6 Å². The van der Waals surface area contributed by atoms with Crippen molar-refractivity contribution in [1.29, 1.82) is 0 Å². The van der Waals surface area contributed by atoms with Crippen LogP contribution < -0.4 is 5.32 Å². The van der Waals surface area contributed by atoms with Gasteiger partial charge in [-0.2, -0.15) is 0 Å². The number of benzene rings is 1. The van der Waals surface area contributed by atoms with E-state index < -0.39 is 0 Å². The zero-order valence-electron chi connectivity index (χ0n) is 13.7. The van der Waals surface area contributed by atoms with Crippen molar-refractivity contribution in [1.82, 2.24) is 15.2 Å². The van der Waals surface area contributed by atoms with E-state index in [-0.39, 0.29) is 5.91 Å².